The Kier molecular flexibility index (Phi) is 8.54. The first-order valence-electron chi connectivity index (χ1n) is 15.8. The van der Waals surface area contributed by atoms with Crippen molar-refractivity contribution in [2.45, 2.75) is 89.0 Å². The third-order valence-electron chi connectivity index (χ3n) is 11.0. The van der Waals surface area contributed by atoms with Crippen LogP contribution in [0.25, 0.3) is 0 Å². The molecular formula is C33H45N3O8. The molecular weight excluding hydrogens is 566 g/mol. The van der Waals surface area contributed by atoms with Gasteiger partial charge in [-0.3, -0.25) is 28.9 Å². The molecule has 5 rings (SSSR count). The maximum absolute atomic E-state index is 14.3. The van der Waals surface area contributed by atoms with Crippen LogP contribution in [-0.4, -0.2) is 93.7 Å². The van der Waals surface area contributed by atoms with Crippen LogP contribution in [0.1, 0.15) is 81.1 Å². The minimum absolute atomic E-state index is 0.0560. The van der Waals surface area contributed by atoms with E-state index < -0.39 is 76.4 Å². The standard InChI is InChI=1S/C33H45N3O8/c1-6-7-14-36(17-10-8-15(2)9-11-17)19-13-12-18-16(3)20-22(27(38)21(18)26(19)37)30(41)33(44)24(28(20)39)25(35(4)5)29(40)23(31(33)42)32(34)43/h12-13,15-17,20,22-25,28,37,39,44H,6-11,14H2,1-5H3,(H2,34,43). The number of carbonyl (C=O) groups is 5. The largest absolute Gasteiger partial charge is 0.505 e. The number of benzene rings is 1. The Morgan fingerprint density at radius 2 is 1.68 bits per heavy atom. The fourth-order valence-corrected chi connectivity index (χ4v) is 8.59. The Morgan fingerprint density at radius 1 is 1.05 bits per heavy atom. The third kappa shape index (κ3) is 4.61. The highest BCUT2D eigenvalue weighted by Crippen LogP contribution is 2.55. The Labute approximate surface area is 257 Å². The second kappa shape index (κ2) is 11.7. The number of amides is 1. The predicted molar refractivity (Wildman–Crippen MR) is 161 cm³/mol. The van der Waals surface area contributed by atoms with Crippen molar-refractivity contribution in [1.82, 2.24) is 4.90 Å². The van der Waals surface area contributed by atoms with Gasteiger partial charge >= 0.3 is 0 Å². The topological polar surface area (TPSA) is 179 Å². The van der Waals surface area contributed by atoms with Gasteiger partial charge in [0.05, 0.1) is 35.2 Å². The van der Waals surface area contributed by atoms with Gasteiger partial charge in [0.1, 0.15) is 5.75 Å². The Morgan fingerprint density at radius 3 is 2.25 bits per heavy atom. The number of aliphatic hydroxyl groups excluding tert-OH is 1. The summed E-state index contributed by atoms with van der Waals surface area (Å²) in [5.41, 5.74) is 3.28. The minimum atomic E-state index is -3.00. The molecule has 4 aliphatic rings. The number of nitrogens with zero attached hydrogens (tertiary/aromatic N) is 2. The lowest BCUT2D eigenvalue weighted by molar-refractivity contribution is -0.196. The zero-order valence-corrected chi connectivity index (χ0v) is 26.2. The van der Waals surface area contributed by atoms with Gasteiger partial charge in [-0.2, -0.15) is 0 Å². The number of fused-ring (bicyclic) bond motifs is 3. The zero-order valence-electron chi connectivity index (χ0n) is 26.2. The summed E-state index contributed by atoms with van der Waals surface area (Å²) in [7, 11) is 2.95. The normalized spacial score (nSPS) is 37.0. The molecule has 44 heavy (non-hydrogen) atoms. The van der Waals surface area contributed by atoms with Crippen molar-refractivity contribution in [3.05, 3.63) is 23.3 Å². The van der Waals surface area contributed by atoms with E-state index in [1.54, 1.807) is 19.1 Å². The van der Waals surface area contributed by atoms with Crippen molar-refractivity contribution in [2.75, 3.05) is 25.5 Å². The van der Waals surface area contributed by atoms with E-state index in [2.05, 4.69) is 18.7 Å². The minimum Gasteiger partial charge on any atom is -0.505 e. The smallest absolute Gasteiger partial charge is 0.235 e. The molecule has 8 unspecified atom stereocenters. The SMILES string of the molecule is CCCCN(c1ccc2c(c1O)C(=O)C1C(=O)C3(O)C(=O)C(C(N)=O)C(=O)C(N(C)C)C3C(O)C1C2C)C1CCC(C)CC1. The third-order valence-corrected chi connectivity index (χ3v) is 11.0. The second-order valence-electron chi connectivity index (χ2n) is 13.7. The van der Waals surface area contributed by atoms with Gasteiger partial charge in [-0.05, 0) is 69.7 Å². The van der Waals surface area contributed by atoms with E-state index in [4.69, 9.17) is 5.73 Å². The van der Waals surface area contributed by atoms with Crippen LogP contribution in [0, 0.1) is 29.6 Å². The predicted octanol–water partition coefficient (Wildman–Crippen LogP) is 1.58. The summed E-state index contributed by atoms with van der Waals surface area (Å²) in [4.78, 5) is 71.2. The summed E-state index contributed by atoms with van der Waals surface area (Å²) >= 11 is 0. The van der Waals surface area contributed by atoms with Crippen LogP contribution >= 0.6 is 0 Å². The molecule has 0 radical (unpaired) electrons. The van der Waals surface area contributed by atoms with Crippen molar-refractivity contribution in [1.29, 1.82) is 0 Å². The summed E-state index contributed by atoms with van der Waals surface area (Å²) in [6.07, 6.45) is 4.19. The van der Waals surface area contributed by atoms with Crippen LogP contribution in [0.2, 0.25) is 0 Å². The highest BCUT2D eigenvalue weighted by molar-refractivity contribution is 6.32. The molecule has 0 saturated heterocycles. The Bertz CT molecular complexity index is 1380. The Balaban J connectivity index is 1.62. The van der Waals surface area contributed by atoms with Crippen molar-refractivity contribution in [3.63, 3.8) is 0 Å². The van der Waals surface area contributed by atoms with E-state index in [9.17, 15) is 39.3 Å². The average Bonchev–Trinajstić information content (AvgIpc) is 2.96. The van der Waals surface area contributed by atoms with Crippen LogP contribution < -0.4 is 10.6 Å². The fraction of sp³-hybridized carbons (Fsp3) is 0.667. The highest BCUT2D eigenvalue weighted by atomic mass is 16.3. The molecule has 1 aromatic rings. The lowest BCUT2D eigenvalue weighted by atomic mass is 9.49. The van der Waals surface area contributed by atoms with Gasteiger partial charge in [0, 0.05) is 18.5 Å². The van der Waals surface area contributed by atoms with Crippen LogP contribution in [-0.2, 0) is 19.2 Å². The summed E-state index contributed by atoms with van der Waals surface area (Å²) in [6, 6.07) is 2.35. The van der Waals surface area contributed by atoms with Gasteiger partial charge in [0.2, 0.25) is 5.91 Å². The van der Waals surface area contributed by atoms with Gasteiger partial charge in [-0.1, -0.05) is 33.3 Å². The summed E-state index contributed by atoms with van der Waals surface area (Å²) in [5, 5.41) is 35.4. The summed E-state index contributed by atoms with van der Waals surface area (Å²) < 4.78 is 0. The van der Waals surface area contributed by atoms with E-state index in [-0.39, 0.29) is 17.4 Å². The van der Waals surface area contributed by atoms with Crippen LogP contribution in [0.15, 0.2) is 12.1 Å². The van der Waals surface area contributed by atoms with E-state index >= 15 is 0 Å². The number of aromatic hydroxyl groups is 1. The highest BCUT2D eigenvalue weighted by Gasteiger charge is 2.73. The first-order chi connectivity index (χ1) is 20.7. The van der Waals surface area contributed by atoms with Gasteiger partial charge in [-0.15, -0.1) is 0 Å². The lowest BCUT2D eigenvalue weighted by Crippen LogP contribution is -2.77. The van der Waals surface area contributed by atoms with Crippen molar-refractivity contribution in [2.24, 2.45) is 35.3 Å². The number of Topliss-reactive ketones (excluding diaryl/α,β-unsaturated/α-hetero) is 4. The molecule has 3 saturated carbocycles. The summed E-state index contributed by atoms with van der Waals surface area (Å²) in [6.45, 7) is 6.72. The number of nitrogens with two attached hydrogens (primary N) is 1. The maximum atomic E-state index is 14.3. The number of phenolic OH excluding ortho intramolecular Hbond substituents is 1. The average molecular weight is 612 g/mol. The number of aliphatic hydroxyl groups is 2. The van der Waals surface area contributed by atoms with E-state index in [1.807, 2.05) is 0 Å². The molecule has 240 valence electrons. The van der Waals surface area contributed by atoms with E-state index in [0.29, 0.717) is 23.7 Å². The van der Waals surface area contributed by atoms with Gasteiger partial charge in [0.25, 0.3) is 0 Å². The number of carbonyl (C=O) groups excluding carboxylic acids is 5. The quantitative estimate of drug-likeness (QED) is 0.331. The number of rotatable bonds is 7. The van der Waals surface area contributed by atoms with Gasteiger partial charge in [0.15, 0.2) is 34.7 Å². The van der Waals surface area contributed by atoms with Crippen molar-refractivity contribution in [3.8, 4) is 5.75 Å². The molecule has 0 heterocycles. The fourth-order valence-electron chi connectivity index (χ4n) is 8.59. The zero-order chi connectivity index (χ0) is 32.4. The molecule has 8 atom stereocenters. The monoisotopic (exact) mass is 611 g/mol. The number of primary amides is 1. The molecule has 0 aliphatic heterocycles. The van der Waals surface area contributed by atoms with Crippen LogP contribution in [0.5, 0.6) is 5.75 Å². The number of unbranched alkanes of at least 4 members (excludes halogenated alkanes) is 1. The molecule has 11 nitrogen and oxygen atoms in total. The van der Waals surface area contributed by atoms with Gasteiger partial charge < -0.3 is 26.0 Å². The maximum Gasteiger partial charge on any atom is 0.235 e. The Hall–Kier alpha value is -3.15. The molecule has 3 fully saturated rings. The summed E-state index contributed by atoms with van der Waals surface area (Å²) in [5.74, 6) is -12.4. The number of ketones is 4. The molecule has 4 aliphatic carbocycles. The van der Waals surface area contributed by atoms with Gasteiger partial charge in [-0.25, -0.2) is 0 Å². The first-order valence-corrected chi connectivity index (χ1v) is 15.8. The molecule has 1 aromatic carbocycles. The van der Waals surface area contributed by atoms with E-state index in [0.717, 1.165) is 38.5 Å². The van der Waals surface area contributed by atoms with Crippen molar-refractivity contribution >= 4 is 34.7 Å². The van der Waals surface area contributed by atoms with Crippen molar-refractivity contribution < 1.29 is 39.3 Å². The molecule has 0 bridgehead atoms. The van der Waals surface area contributed by atoms with Crippen LogP contribution in [0.3, 0.4) is 0 Å². The first kappa shape index (κ1) is 32.2. The number of hydrogen-bond acceptors (Lipinski definition) is 10. The lowest BCUT2D eigenvalue weighted by Gasteiger charge is -2.56. The molecule has 0 spiro atoms. The second-order valence-corrected chi connectivity index (χ2v) is 13.7. The molecule has 5 N–H and O–H groups in total. The van der Waals surface area contributed by atoms with E-state index in [1.165, 1.54) is 19.0 Å². The number of likely N-dealkylation sites (N-methyl/N-ethyl adjacent to an activating group) is 1. The molecule has 0 aromatic heterocycles. The molecule has 11 heteroatoms. The molecule has 1 amide bonds. The number of phenols is 1. The van der Waals surface area contributed by atoms with Crippen LogP contribution in [0.4, 0.5) is 5.69 Å². The number of anilines is 1. The number of hydrogen-bond donors (Lipinski definition) is 4.